The summed E-state index contributed by atoms with van der Waals surface area (Å²) in [5.74, 6) is 0.826. The Bertz CT molecular complexity index is 510. The molecule has 1 amide bonds. The summed E-state index contributed by atoms with van der Waals surface area (Å²) in [5.41, 5.74) is 0.472. The summed E-state index contributed by atoms with van der Waals surface area (Å²) in [4.78, 5) is 14.7. The van der Waals surface area contributed by atoms with Crippen molar-refractivity contribution in [2.24, 2.45) is 0 Å². The summed E-state index contributed by atoms with van der Waals surface area (Å²) in [6, 6.07) is 4.59. The van der Waals surface area contributed by atoms with Gasteiger partial charge in [0.1, 0.15) is 5.82 Å². The van der Waals surface area contributed by atoms with Crippen LogP contribution in [0, 0.1) is 0 Å². The van der Waals surface area contributed by atoms with Crippen LogP contribution in [0.15, 0.2) is 12.1 Å². The fraction of sp³-hybridized carbons (Fsp3) is 0.722. The number of piperidine rings is 1. The zero-order chi connectivity index (χ0) is 16.1. The van der Waals surface area contributed by atoms with E-state index in [0.717, 1.165) is 31.6 Å². The van der Waals surface area contributed by atoms with E-state index in [0.29, 0.717) is 17.8 Å². The monoisotopic (exact) mass is 316 g/mol. The van der Waals surface area contributed by atoms with Crippen LogP contribution in [0.25, 0.3) is 0 Å². The molecular formula is C18H28N4O. The number of aromatic nitrogens is 2. The molecule has 23 heavy (non-hydrogen) atoms. The Morgan fingerprint density at radius 2 is 1.91 bits per heavy atom. The van der Waals surface area contributed by atoms with E-state index in [4.69, 9.17) is 0 Å². The molecule has 1 aromatic heterocycles. The van der Waals surface area contributed by atoms with Gasteiger partial charge in [0.05, 0.1) is 0 Å². The zero-order valence-corrected chi connectivity index (χ0v) is 14.1. The highest BCUT2D eigenvalue weighted by Crippen LogP contribution is 2.22. The molecule has 0 spiro atoms. The molecule has 1 N–H and O–H groups in total. The van der Waals surface area contributed by atoms with E-state index < -0.39 is 0 Å². The number of nitrogens with one attached hydrogen (secondary N) is 1. The predicted octanol–water partition coefficient (Wildman–Crippen LogP) is 3.63. The van der Waals surface area contributed by atoms with Crippen molar-refractivity contribution >= 4 is 11.7 Å². The summed E-state index contributed by atoms with van der Waals surface area (Å²) in [6.07, 6.45) is 10.8. The number of amides is 1. The van der Waals surface area contributed by atoms with Crippen LogP contribution in [0.2, 0.25) is 0 Å². The third kappa shape index (κ3) is 4.01. The Morgan fingerprint density at radius 1 is 1.13 bits per heavy atom. The van der Waals surface area contributed by atoms with E-state index in [9.17, 15) is 4.79 Å². The fourth-order valence-corrected chi connectivity index (χ4v) is 3.82. The van der Waals surface area contributed by atoms with Gasteiger partial charge in [0.15, 0.2) is 5.69 Å². The van der Waals surface area contributed by atoms with E-state index >= 15 is 0 Å². The van der Waals surface area contributed by atoms with Gasteiger partial charge in [-0.25, -0.2) is 0 Å². The number of carbonyl (C=O) groups is 1. The average Bonchev–Trinajstić information content (AvgIpc) is 2.62. The van der Waals surface area contributed by atoms with Crippen LogP contribution in [0.1, 0.15) is 75.2 Å². The molecule has 5 heteroatoms. The standard InChI is InChI=1S/C18H28N4O/c1-2-15-10-6-7-13-22(15)18(23)16-11-12-17(21-20-16)19-14-8-4-3-5-9-14/h11-12,14-15H,2-10,13H2,1H3,(H,19,21). The second kappa shape index (κ2) is 7.75. The van der Waals surface area contributed by atoms with Crippen LogP contribution in [0.3, 0.4) is 0 Å². The molecule has 3 rings (SSSR count). The topological polar surface area (TPSA) is 58.1 Å². The van der Waals surface area contributed by atoms with Gasteiger partial charge >= 0.3 is 0 Å². The zero-order valence-electron chi connectivity index (χ0n) is 14.1. The average molecular weight is 316 g/mol. The molecular weight excluding hydrogens is 288 g/mol. The first-order chi connectivity index (χ1) is 11.3. The molecule has 1 aromatic rings. The lowest BCUT2D eigenvalue weighted by molar-refractivity contribution is 0.0601. The van der Waals surface area contributed by atoms with Crippen molar-refractivity contribution in [1.82, 2.24) is 15.1 Å². The number of nitrogens with zero attached hydrogens (tertiary/aromatic N) is 3. The quantitative estimate of drug-likeness (QED) is 0.921. The highest BCUT2D eigenvalue weighted by molar-refractivity contribution is 5.92. The normalized spacial score (nSPS) is 22.8. The van der Waals surface area contributed by atoms with Crippen molar-refractivity contribution < 1.29 is 4.79 Å². The lowest BCUT2D eigenvalue weighted by Gasteiger charge is -2.34. The van der Waals surface area contributed by atoms with E-state index in [-0.39, 0.29) is 5.91 Å². The largest absolute Gasteiger partial charge is 0.366 e. The number of carbonyl (C=O) groups excluding carboxylic acids is 1. The molecule has 1 saturated carbocycles. The molecule has 1 aliphatic heterocycles. The van der Waals surface area contributed by atoms with Crippen molar-refractivity contribution in [3.05, 3.63) is 17.8 Å². The molecule has 1 unspecified atom stereocenters. The van der Waals surface area contributed by atoms with Gasteiger partial charge in [-0.1, -0.05) is 26.2 Å². The predicted molar refractivity (Wildman–Crippen MR) is 91.5 cm³/mol. The fourth-order valence-electron chi connectivity index (χ4n) is 3.82. The number of hydrogen-bond acceptors (Lipinski definition) is 4. The third-order valence-electron chi connectivity index (χ3n) is 5.20. The molecule has 0 radical (unpaired) electrons. The first kappa shape index (κ1) is 16.2. The van der Waals surface area contributed by atoms with Gasteiger partial charge in [-0.2, -0.15) is 0 Å². The number of rotatable bonds is 4. The van der Waals surface area contributed by atoms with E-state index in [1.54, 1.807) is 0 Å². The summed E-state index contributed by atoms with van der Waals surface area (Å²) in [5, 5.41) is 11.9. The molecule has 1 atom stereocenters. The smallest absolute Gasteiger partial charge is 0.274 e. The molecule has 126 valence electrons. The minimum Gasteiger partial charge on any atom is -0.366 e. The maximum atomic E-state index is 12.7. The van der Waals surface area contributed by atoms with Crippen LogP contribution >= 0.6 is 0 Å². The maximum absolute atomic E-state index is 12.7. The Labute approximate surface area is 138 Å². The highest BCUT2D eigenvalue weighted by atomic mass is 16.2. The van der Waals surface area contributed by atoms with Gasteiger partial charge in [0.2, 0.25) is 0 Å². The molecule has 2 fully saturated rings. The number of anilines is 1. The van der Waals surface area contributed by atoms with Crippen LogP contribution < -0.4 is 5.32 Å². The van der Waals surface area contributed by atoms with Crippen molar-refractivity contribution in [2.45, 2.75) is 76.8 Å². The third-order valence-corrected chi connectivity index (χ3v) is 5.20. The minimum absolute atomic E-state index is 0.0354. The van der Waals surface area contributed by atoms with Gasteiger partial charge < -0.3 is 10.2 Å². The molecule has 2 heterocycles. The number of likely N-dealkylation sites (tertiary alicyclic amines) is 1. The first-order valence-corrected chi connectivity index (χ1v) is 9.19. The molecule has 1 aliphatic carbocycles. The number of hydrogen-bond donors (Lipinski definition) is 1. The maximum Gasteiger partial charge on any atom is 0.274 e. The summed E-state index contributed by atoms with van der Waals surface area (Å²) in [6.45, 7) is 3.00. The Balaban J connectivity index is 1.62. The van der Waals surface area contributed by atoms with Crippen molar-refractivity contribution in [1.29, 1.82) is 0 Å². The molecule has 5 nitrogen and oxygen atoms in total. The SMILES string of the molecule is CCC1CCCCN1C(=O)c1ccc(NC2CCCCC2)nn1. The van der Waals surface area contributed by atoms with Crippen molar-refractivity contribution in [3.63, 3.8) is 0 Å². The lowest BCUT2D eigenvalue weighted by atomic mass is 9.95. The van der Waals surface area contributed by atoms with Gasteiger partial charge in [-0.15, -0.1) is 10.2 Å². The second-order valence-corrected chi connectivity index (χ2v) is 6.84. The van der Waals surface area contributed by atoms with Crippen molar-refractivity contribution in [2.75, 3.05) is 11.9 Å². The second-order valence-electron chi connectivity index (χ2n) is 6.84. The summed E-state index contributed by atoms with van der Waals surface area (Å²) in [7, 11) is 0. The molecule has 0 bridgehead atoms. The lowest BCUT2D eigenvalue weighted by Crippen LogP contribution is -2.43. The van der Waals surface area contributed by atoms with Gasteiger partial charge in [-0.3, -0.25) is 4.79 Å². The van der Waals surface area contributed by atoms with Gasteiger partial charge in [0, 0.05) is 18.6 Å². The molecule has 1 saturated heterocycles. The Kier molecular flexibility index (Phi) is 5.47. The molecule has 2 aliphatic rings. The van der Waals surface area contributed by atoms with Crippen LogP contribution in [0.4, 0.5) is 5.82 Å². The Morgan fingerprint density at radius 3 is 2.61 bits per heavy atom. The first-order valence-electron chi connectivity index (χ1n) is 9.19. The van der Waals surface area contributed by atoms with Crippen molar-refractivity contribution in [3.8, 4) is 0 Å². The molecule has 0 aromatic carbocycles. The van der Waals surface area contributed by atoms with E-state index in [1.807, 2.05) is 17.0 Å². The van der Waals surface area contributed by atoms with Crippen LogP contribution in [-0.4, -0.2) is 39.6 Å². The van der Waals surface area contributed by atoms with E-state index in [1.165, 1.54) is 38.5 Å². The Hall–Kier alpha value is -1.65. The summed E-state index contributed by atoms with van der Waals surface area (Å²) < 4.78 is 0. The van der Waals surface area contributed by atoms with E-state index in [2.05, 4.69) is 22.4 Å². The van der Waals surface area contributed by atoms with Gasteiger partial charge in [0.25, 0.3) is 5.91 Å². The minimum atomic E-state index is 0.0354. The van der Waals surface area contributed by atoms with Gasteiger partial charge in [-0.05, 0) is 50.7 Å². The van der Waals surface area contributed by atoms with Crippen LogP contribution in [-0.2, 0) is 0 Å². The van der Waals surface area contributed by atoms with Crippen LogP contribution in [0.5, 0.6) is 0 Å². The highest BCUT2D eigenvalue weighted by Gasteiger charge is 2.27. The summed E-state index contributed by atoms with van der Waals surface area (Å²) >= 11 is 0.